The molecule has 2 aromatic rings. The van der Waals surface area contributed by atoms with Crippen molar-refractivity contribution in [2.75, 3.05) is 12.4 Å². The molecule has 5 heteroatoms. The van der Waals surface area contributed by atoms with Gasteiger partial charge < -0.3 is 14.8 Å². The number of rotatable bonds is 6. The fraction of sp³-hybridized carbons (Fsp3) is 0.235. The van der Waals surface area contributed by atoms with Crippen molar-refractivity contribution in [1.29, 1.82) is 0 Å². The highest BCUT2D eigenvalue weighted by Gasteiger charge is 2.19. The van der Waals surface area contributed by atoms with Gasteiger partial charge >= 0.3 is 0 Å². The lowest BCUT2D eigenvalue weighted by Crippen LogP contribution is -2.32. The minimum absolute atomic E-state index is 0.230. The third kappa shape index (κ3) is 4.15. The quantitative estimate of drug-likeness (QED) is 0.870. The molecule has 22 heavy (non-hydrogen) atoms. The Balaban J connectivity index is 2.09. The maximum absolute atomic E-state index is 12.4. The first-order chi connectivity index (χ1) is 10.6. The number of hydrogen-bond acceptors (Lipinski definition) is 3. The highest BCUT2D eigenvalue weighted by molar-refractivity contribution is 6.30. The molecule has 0 unspecified atom stereocenters. The van der Waals surface area contributed by atoms with Crippen LogP contribution in [0, 0.1) is 0 Å². The number of hydrogen-bond donors (Lipinski definition) is 1. The largest absolute Gasteiger partial charge is 0.495 e. The molecule has 1 amide bonds. The molecule has 0 saturated carbocycles. The number of carbonyl (C=O) groups excluding carboxylic acids is 1. The van der Waals surface area contributed by atoms with Crippen LogP contribution in [-0.2, 0) is 4.79 Å². The van der Waals surface area contributed by atoms with Gasteiger partial charge in [-0.05, 0) is 36.8 Å². The number of anilines is 1. The normalized spacial score (nSPS) is 11.6. The van der Waals surface area contributed by atoms with Gasteiger partial charge in [-0.25, -0.2) is 0 Å². The lowest BCUT2D eigenvalue weighted by molar-refractivity contribution is -0.122. The first-order valence-corrected chi connectivity index (χ1v) is 7.38. The van der Waals surface area contributed by atoms with Gasteiger partial charge in [0.05, 0.1) is 12.8 Å². The van der Waals surface area contributed by atoms with E-state index in [2.05, 4.69) is 5.32 Å². The van der Waals surface area contributed by atoms with E-state index in [9.17, 15) is 4.79 Å². The Morgan fingerprint density at radius 1 is 1.23 bits per heavy atom. The summed E-state index contributed by atoms with van der Waals surface area (Å²) in [6, 6.07) is 14.2. The highest BCUT2D eigenvalue weighted by Crippen LogP contribution is 2.24. The second-order valence-corrected chi connectivity index (χ2v) is 5.10. The van der Waals surface area contributed by atoms with Crippen molar-refractivity contribution in [3.8, 4) is 11.5 Å². The minimum atomic E-state index is -0.608. The summed E-state index contributed by atoms with van der Waals surface area (Å²) in [5, 5.41) is 3.39. The number of halogens is 1. The monoisotopic (exact) mass is 319 g/mol. The van der Waals surface area contributed by atoms with Crippen LogP contribution in [0.25, 0.3) is 0 Å². The number of amides is 1. The van der Waals surface area contributed by atoms with Gasteiger partial charge in [0.2, 0.25) is 0 Å². The maximum Gasteiger partial charge on any atom is 0.265 e. The predicted molar refractivity (Wildman–Crippen MR) is 87.8 cm³/mol. The van der Waals surface area contributed by atoms with Gasteiger partial charge in [0.25, 0.3) is 5.91 Å². The zero-order chi connectivity index (χ0) is 15.9. The number of nitrogens with one attached hydrogen (secondary N) is 1. The minimum Gasteiger partial charge on any atom is -0.495 e. The van der Waals surface area contributed by atoms with Crippen molar-refractivity contribution in [1.82, 2.24) is 0 Å². The van der Waals surface area contributed by atoms with E-state index < -0.39 is 6.10 Å². The van der Waals surface area contributed by atoms with Crippen LogP contribution in [0.1, 0.15) is 13.3 Å². The molecule has 1 N–H and O–H groups in total. The molecule has 2 aromatic carbocycles. The van der Waals surface area contributed by atoms with Crippen molar-refractivity contribution in [2.24, 2.45) is 0 Å². The van der Waals surface area contributed by atoms with Gasteiger partial charge in [-0.3, -0.25) is 4.79 Å². The summed E-state index contributed by atoms with van der Waals surface area (Å²) in [6.45, 7) is 1.89. The maximum atomic E-state index is 12.4. The average molecular weight is 320 g/mol. The molecule has 0 heterocycles. The third-order valence-corrected chi connectivity index (χ3v) is 3.34. The molecule has 0 aliphatic rings. The number of para-hydroxylation sites is 2. The van der Waals surface area contributed by atoms with Crippen molar-refractivity contribution in [3.05, 3.63) is 53.6 Å². The number of benzene rings is 2. The Bertz CT molecular complexity index is 645. The van der Waals surface area contributed by atoms with Gasteiger partial charge in [0.15, 0.2) is 6.10 Å². The Kier molecular flexibility index (Phi) is 5.67. The van der Waals surface area contributed by atoms with Crippen LogP contribution in [0.4, 0.5) is 5.69 Å². The van der Waals surface area contributed by atoms with Crippen LogP contribution in [0.2, 0.25) is 5.02 Å². The highest BCUT2D eigenvalue weighted by atomic mass is 35.5. The standard InChI is InChI=1S/C17H18ClNO3/c1-3-15(22-13-8-6-7-12(18)11-13)17(20)19-14-9-4-5-10-16(14)21-2/h4-11,15H,3H2,1-2H3,(H,19,20)/t15-/m1/s1. The second-order valence-electron chi connectivity index (χ2n) is 4.66. The van der Waals surface area contributed by atoms with Gasteiger partial charge in [-0.1, -0.05) is 36.7 Å². The Labute approximate surface area is 135 Å². The molecule has 116 valence electrons. The van der Waals surface area contributed by atoms with Crippen molar-refractivity contribution in [3.63, 3.8) is 0 Å². The van der Waals surface area contributed by atoms with Crippen LogP contribution in [-0.4, -0.2) is 19.1 Å². The zero-order valence-corrected chi connectivity index (χ0v) is 13.3. The van der Waals surface area contributed by atoms with Gasteiger partial charge in [-0.2, -0.15) is 0 Å². The van der Waals surface area contributed by atoms with Crippen LogP contribution < -0.4 is 14.8 Å². The Morgan fingerprint density at radius 2 is 2.00 bits per heavy atom. The van der Waals surface area contributed by atoms with E-state index in [4.69, 9.17) is 21.1 Å². The van der Waals surface area contributed by atoms with E-state index in [-0.39, 0.29) is 5.91 Å². The summed E-state index contributed by atoms with van der Waals surface area (Å²) in [6.07, 6.45) is -0.0728. The van der Waals surface area contributed by atoms with Crippen LogP contribution in [0.5, 0.6) is 11.5 Å². The first kappa shape index (κ1) is 16.2. The van der Waals surface area contributed by atoms with Crippen LogP contribution >= 0.6 is 11.6 Å². The van der Waals surface area contributed by atoms with Crippen molar-refractivity contribution >= 4 is 23.2 Å². The molecular formula is C17H18ClNO3. The lowest BCUT2D eigenvalue weighted by Gasteiger charge is -2.18. The third-order valence-electron chi connectivity index (χ3n) is 3.10. The van der Waals surface area contributed by atoms with E-state index in [1.54, 1.807) is 43.5 Å². The molecule has 0 aliphatic heterocycles. The SMILES string of the molecule is CC[C@@H](Oc1cccc(Cl)c1)C(=O)Nc1ccccc1OC. The molecule has 1 atom stereocenters. The van der Waals surface area contributed by atoms with Crippen LogP contribution in [0.3, 0.4) is 0 Å². The molecular weight excluding hydrogens is 302 g/mol. The fourth-order valence-corrected chi connectivity index (χ4v) is 2.17. The van der Waals surface area contributed by atoms with Crippen LogP contribution in [0.15, 0.2) is 48.5 Å². The smallest absolute Gasteiger partial charge is 0.265 e. The molecule has 2 rings (SSSR count). The number of ether oxygens (including phenoxy) is 2. The molecule has 0 aromatic heterocycles. The summed E-state index contributed by atoms with van der Waals surface area (Å²) >= 11 is 5.92. The summed E-state index contributed by atoms with van der Waals surface area (Å²) in [5.41, 5.74) is 0.614. The summed E-state index contributed by atoms with van der Waals surface area (Å²) in [5.74, 6) is 0.940. The van der Waals surface area contributed by atoms with E-state index in [0.29, 0.717) is 28.6 Å². The Hall–Kier alpha value is -2.20. The first-order valence-electron chi connectivity index (χ1n) is 7.00. The molecule has 0 fully saturated rings. The Morgan fingerprint density at radius 3 is 2.68 bits per heavy atom. The van der Waals surface area contributed by atoms with Gasteiger partial charge in [0, 0.05) is 5.02 Å². The second kappa shape index (κ2) is 7.71. The van der Waals surface area contributed by atoms with E-state index in [1.807, 2.05) is 19.1 Å². The van der Waals surface area contributed by atoms with Gasteiger partial charge in [-0.15, -0.1) is 0 Å². The number of carbonyl (C=O) groups is 1. The van der Waals surface area contributed by atoms with Crippen molar-refractivity contribution < 1.29 is 14.3 Å². The van der Waals surface area contributed by atoms with E-state index in [1.165, 1.54) is 0 Å². The average Bonchev–Trinajstić information content (AvgIpc) is 2.53. The molecule has 0 radical (unpaired) electrons. The topological polar surface area (TPSA) is 47.6 Å². The zero-order valence-electron chi connectivity index (χ0n) is 12.5. The molecule has 0 spiro atoms. The lowest BCUT2D eigenvalue weighted by atomic mass is 10.2. The number of methoxy groups -OCH3 is 1. The fourth-order valence-electron chi connectivity index (χ4n) is 1.99. The predicted octanol–water partition coefficient (Wildman–Crippen LogP) is 4.14. The molecule has 0 saturated heterocycles. The van der Waals surface area contributed by atoms with E-state index >= 15 is 0 Å². The molecule has 4 nitrogen and oxygen atoms in total. The van der Waals surface area contributed by atoms with Gasteiger partial charge in [0.1, 0.15) is 11.5 Å². The summed E-state index contributed by atoms with van der Waals surface area (Å²) in [4.78, 5) is 12.4. The van der Waals surface area contributed by atoms with Crippen molar-refractivity contribution in [2.45, 2.75) is 19.4 Å². The molecule has 0 aliphatic carbocycles. The summed E-state index contributed by atoms with van der Waals surface area (Å²) in [7, 11) is 1.56. The molecule has 0 bridgehead atoms. The van der Waals surface area contributed by atoms with E-state index in [0.717, 1.165) is 0 Å². The summed E-state index contributed by atoms with van der Waals surface area (Å²) < 4.78 is 10.9.